The molecule has 0 amide bonds. The fraction of sp³-hybridized carbons (Fsp3) is 0.929. The van der Waals surface area contributed by atoms with E-state index in [1.54, 1.807) is 0 Å². The number of hydrogen-bond donors (Lipinski definition) is 1. The van der Waals surface area contributed by atoms with Crippen LogP contribution in [0.2, 0.25) is 0 Å². The summed E-state index contributed by atoms with van der Waals surface area (Å²) in [4.78, 5) is 2.37. The summed E-state index contributed by atoms with van der Waals surface area (Å²) in [5.41, 5.74) is 0.00774. The van der Waals surface area contributed by atoms with E-state index in [0.29, 0.717) is 6.04 Å². The second-order valence-electron chi connectivity index (χ2n) is 6.31. The summed E-state index contributed by atoms with van der Waals surface area (Å²) in [6, 6.07) is 2.99. The molecule has 1 saturated carbocycles. The maximum absolute atomic E-state index is 9.20. The molecule has 1 N–H and O–H groups in total. The van der Waals surface area contributed by atoms with Gasteiger partial charge in [-0.2, -0.15) is 5.26 Å². The summed E-state index contributed by atoms with van der Waals surface area (Å²) in [7, 11) is 2.16. The van der Waals surface area contributed by atoms with Gasteiger partial charge in [-0.1, -0.05) is 19.3 Å². The average Bonchev–Trinajstić information content (AvgIpc) is 2.27. The van der Waals surface area contributed by atoms with Gasteiger partial charge in [0.25, 0.3) is 0 Å². The average molecular weight is 237 g/mol. The van der Waals surface area contributed by atoms with Crippen LogP contribution >= 0.6 is 0 Å². The molecular formula is C14H27N3. The van der Waals surface area contributed by atoms with Crippen molar-refractivity contribution in [2.75, 3.05) is 13.6 Å². The fourth-order valence-electron chi connectivity index (χ4n) is 2.60. The highest BCUT2D eigenvalue weighted by Gasteiger charge is 2.23. The highest BCUT2D eigenvalue weighted by atomic mass is 15.2. The molecule has 1 fully saturated rings. The van der Waals surface area contributed by atoms with Crippen molar-refractivity contribution in [2.24, 2.45) is 0 Å². The van der Waals surface area contributed by atoms with E-state index in [2.05, 4.69) is 44.1 Å². The first kappa shape index (κ1) is 14.5. The minimum Gasteiger partial charge on any atom is -0.301 e. The molecular weight excluding hydrogens is 210 g/mol. The highest BCUT2D eigenvalue weighted by Crippen LogP contribution is 2.21. The van der Waals surface area contributed by atoms with Crippen LogP contribution in [0.15, 0.2) is 0 Å². The lowest BCUT2D eigenvalue weighted by Crippen LogP contribution is -2.49. The Morgan fingerprint density at radius 2 is 1.88 bits per heavy atom. The van der Waals surface area contributed by atoms with Crippen LogP contribution in [-0.2, 0) is 0 Å². The van der Waals surface area contributed by atoms with Crippen molar-refractivity contribution in [1.82, 2.24) is 10.2 Å². The lowest BCUT2D eigenvalue weighted by atomic mass is 9.94. The molecule has 0 heterocycles. The maximum Gasteiger partial charge on any atom is 0.108 e. The standard InChI is InChI=1S/C14H27N3/c1-14(2,3)16-12(10-15)11-17(4)13-8-6-5-7-9-13/h12-13,16H,5-9,11H2,1-4H3. The second-order valence-corrected chi connectivity index (χ2v) is 6.31. The molecule has 1 unspecified atom stereocenters. The first-order valence-electron chi connectivity index (χ1n) is 6.80. The van der Waals surface area contributed by atoms with Gasteiger partial charge < -0.3 is 4.90 Å². The molecule has 1 rings (SSSR count). The molecule has 0 aromatic carbocycles. The first-order valence-corrected chi connectivity index (χ1v) is 6.80. The van der Waals surface area contributed by atoms with E-state index in [4.69, 9.17) is 0 Å². The molecule has 98 valence electrons. The molecule has 1 atom stereocenters. The van der Waals surface area contributed by atoms with Gasteiger partial charge in [0, 0.05) is 18.1 Å². The molecule has 1 aliphatic carbocycles. The van der Waals surface area contributed by atoms with Crippen molar-refractivity contribution >= 4 is 0 Å². The van der Waals surface area contributed by atoms with Crippen LogP contribution in [0, 0.1) is 11.3 Å². The smallest absolute Gasteiger partial charge is 0.108 e. The number of hydrogen-bond acceptors (Lipinski definition) is 3. The predicted octanol–water partition coefficient (Wildman–Crippen LogP) is 2.53. The topological polar surface area (TPSA) is 39.1 Å². The van der Waals surface area contributed by atoms with Gasteiger partial charge in [-0.05, 0) is 40.7 Å². The number of likely N-dealkylation sites (N-methyl/N-ethyl adjacent to an activating group) is 1. The van der Waals surface area contributed by atoms with Crippen molar-refractivity contribution in [2.45, 2.75) is 70.5 Å². The van der Waals surface area contributed by atoms with Gasteiger partial charge in [-0.25, -0.2) is 0 Å². The molecule has 0 radical (unpaired) electrons. The van der Waals surface area contributed by atoms with Gasteiger partial charge in [0.15, 0.2) is 0 Å². The van der Waals surface area contributed by atoms with Crippen molar-refractivity contribution < 1.29 is 0 Å². The fourth-order valence-corrected chi connectivity index (χ4v) is 2.60. The molecule has 1 aliphatic rings. The molecule has 3 nitrogen and oxygen atoms in total. The third-order valence-electron chi connectivity index (χ3n) is 3.43. The zero-order valence-corrected chi connectivity index (χ0v) is 11.8. The number of nitriles is 1. The summed E-state index contributed by atoms with van der Waals surface area (Å²) >= 11 is 0. The second kappa shape index (κ2) is 6.37. The Balaban J connectivity index is 2.42. The Morgan fingerprint density at radius 1 is 1.29 bits per heavy atom. The summed E-state index contributed by atoms with van der Waals surface area (Å²) in [5, 5.41) is 12.6. The van der Waals surface area contributed by atoms with Crippen LogP contribution in [0.5, 0.6) is 0 Å². The van der Waals surface area contributed by atoms with E-state index >= 15 is 0 Å². The molecule has 3 heteroatoms. The Hall–Kier alpha value is -0.590. The number of nitrogens with zero attached hydrogens (tertiary/aromatic N) is 2. The minimum absolute atomic E-state index is 0.00774. The lowest BCUT2D eigenvalue weighted by Gasteiger charge is -2.34. The van der Waals surface area contributed by atoms with E-state index in [-0.39, 0.29) is 11.6 Å². The summed E-state index contributed by atoms with van der Waals surface area (Å²) in [6.45, 7) is 7.16. The van der Waals surface area contributed by atoms with Crippen molar-refractivity contribution in [1.29, 1.82) is 5.26 Å². The predicted molar refractivity (Wildman–Crippen MR) is 71.8 cm³/mol. The SMILES string of the molecule is CN(CC(C#N)NC(C)(C)C)C1CCCCC1. The van der Waals surface area contributed by atoms with Crippen LogP contribution in [0.3, 0.4) is 0 Å². The summed E-state index contributed by atoms with van der Waals surface area (Å²) in [6.07, 6.45) is 6.67. The first-order chi connectivity index (χ1) is 7.92. The Bertz CT molecular complexity index is 256. The summed E-state index contributed by atoms with van der Waals surface area (Å²) in [5.74, 6) is 0. The zero-order valence-electron chi connectivity index (χ0n) is 11.8. The molecule has 17 heavy (non-hydrogen) atoms. The largest absolute Gasteiger partial charge is 0.301 e. The minimum atomic E-state index is -0.0677. The Morgan fingerprint density at radius 3 is 2.35 bits per heavy atom. The molecule has 0 spiro atoms. The van der Waals surface area contributed by atoms with E-state index in [0.717, 1.165) is 6.54 Å². The molecule has 0 aromatic rings. The zero-order chi connectivity index (χ0) is 12.9. The van der Waals surface area contributed by atoms with Crippen LogP contribution in [0.25, 0.3) is 0 Å². The number of rotatable bonds is 4. The summed E-state index contributed by atoms with van der Waals surface area (Å²) < 4.78 is 0. The van der Waals surface area contributed by atoms with Gasteiger partial charge in [0.2, 0.25) is 0 Å². The van der Waals surface area contributed by atoms with Gasteiger partial charge in [-0.3, -0.25) is 5.32 Å². The quantitative estimate of drug-likeness (QED) is 0.816. The monoisotopic (exact) mass is 237 g/mol. The third-order valence-corrected chi connectivity index (χ3v) is 3.43. The van der Waals surface area contributed by atoms with Gasteiger partial charge in [0.05, 0.1) is 6.07 Å². The molecule has 0 saturated heterocycles. The van der Waals surface area contributed by atoms with Crippen molar-refractivity contribution in [3.8, 4) is 6.07 Å². The van der Waals surface area contributed by atoms with E-state index in [9.17, 15) is 5.26 Å². The van der Waals surface area contributed by atoms with Crippen LogP contribution in [0.1, 0.15) is 52.9 Å². The lowest BCUT2D eigenvalue weighted by molar-refractivity contribution is 0.176. The molecule has 0 aromatic heterocycles. The van der Waals surface area contributed by atoms with E-state index < -0.39 is 0 Å². The molecule has 0 bridgehead atoms. The van der Waals surface area contributed by atoms with Crippen LogP contribution in [-0.4, -0.2) is 36.1 Å². The van der Waals surface area contributed by atoms with Crippen molar-refractivity contribution in [3.05, 3.63) is 0 Å². The van der Waals surface area contributed by atoms with Gasteiger partial charge >= 0.3 is 0 Å². The van der Waals surface area contributed by atoms with E-state index in [1.807, 2.05) is 0 Å². The van der Waals surface area contributed by atoms with Crippen LogP contribution in [0.4, 0.5) is 0 Å². The van der Waals surface area contributed by atoms with Gasteiger partial charge in [0.1, 0.15) is 6.04 Å². The number of nitrogens with one attached hydrogen (secondary N) is 1. The van der Waals surface area contributed by atoms with Crippen molar-refractivity contribution in [3.63, 3.8) is 0 Å². The van der Waals surface area contributed by atoms with E-state index in [1.165, 1.54) is 32.1 Å². The third kappa shape index (κ3) is 5.52. The highest BCUT2D eigenvalue weighted by molar-refractivity contribution is 4.96. The Kier molecular flexibility index (Phi) is 5.42. The van der Waals surface area contributed by atoms with Crippen LogP contribution < -0.4 is 5.32 Å². The normalized spacial score (nSPS) is 20.2. The Labute approximate surface area is 106 Å². The molecule has 0 aliphatic heterocycles. The van der Waals surface area contributed by atoms with Gasteiger partial charge in [-0.15, -0.1) is 0 Å². The maximum atomic E-state index is 9.20.